The van der Waals surface area contributed by atoms with Gasteiger partial charge in [-0.3, -0.25) is 4.79 Å². The Morgan fingerprint density at radius 3 is 2.40 bits per heavy atom. The molecule has 15 heavy (non-hydrogen) atoms. The van der Waals surface area contributed by atoms with Crippen molar-refractivity contribution in [1.29, 1.82) is 0 Å². The molecule has 0 bridgehead atoms. The molecule has 0 radical (unpaired) electrons. The molecule has 1 amide bonds. The molecule has 4 nitrogen and oxygen atoms in total. The van der Waals surface area contributed by atoms with Gasteiger partial charge in [-0.05, 0) is 32.6 Å². The van der Waals surface area contributed by atoms with Crippen molar-refractivity contribution < 1.29 is 9.53 Å². The number of carbonyl (C=O) groups is 1. The maximum Gasteiger partial charge on any atom is 0.228 e. The topological polar surface area (TPSA) is 64.4 Å². The fourth-order valence-corrected chi connectivity index (χ4v) is 2.01. The van der Waals surface area contributed by atoms with Gasteiger partial charge in [0.25, 0.3) is 0 Å². The van der Waals surface area contributed by atoms with Crippen LogP contribution in [0.1, 0.15) is 32.6 Å². The number of nitrogens with one attached hydrogen (secondary N) is 1. The van der Waals surface area contributed by atoms with Crippen LogP contribution in [-0.2, 0) is 9.53 Å². The van der Waals surface area contributed by atoms with E-state index in [9.17, 15) is 4.79 Å². The van der Waals surface area contributed by atoms with Crippen LogP contribution in [0.4, 0.5) is 0 Å². The first-order valence-corrected chi connectivity index (χ1v) is 5.71. The molecular formula is C11H20N2O2. The van der Waals surface area contributed by atoms with Crippen molar-refractivity contribution in [2.24, 2.45) is 11.1 Å². The Kier molecular flexibility index (Phi) is 2.73. The number of nitrogens with two attached hydrogens (primary N) is 1. The monoisotopic (exact) mass is 212 g/mol. The fraction of sp³-hybridized carbons (Fsp3) is 0.909. The molecule has 0 aromatic rings. The Morgan fingerprint density at radius 2 is 1.93 bits per heavy atom. The summed E-state index contributed by atoms with van der Waals surface area (Å²) in [6.45, 7) is 3.83. The van der Waals surface area contributed by atoms with Gasteiger partial charge in [0.15, 0.2) is 0 Å². The first kappa shape index (κ1) is 10.9. The second-order valence-corrected chi connectivity index (χ2v) is 5.11. The van der Waals surface area contributed by atoms with Crippen LogP contribution in [0.5, 0.6) is 0 Å². The summed E-state index contributed by atoms with van der Waals surface area (Å²) >= 11 is 0. The third-order valence-corrected chi connectivity index (χ3v) is 3.74. The predicted molar refractivity (Wildman–Crippen MR) is 57.3 cm³/mol. The third kappa shape index (κ3) is 2.16. The molecule has 0 unspecified atom stereocenters. The average molecular weight is 212 g/mol. The smallest absolute Gasteiger partial charge is 0.228 e. The zero-order chi connectivity index (χ0) is 10.9. The van der Waals surface area contributed by atoms with Crippen LogP contribution in [0, 0.1) is 5.41 Å². The molecule has 2 rings (SSSR count). The summed E-state index contributed by atoms with van der Waals surface area (Å²) in [5.41, 5.74) is 5.44. The van der Waals surface area contributed by atoms with E-state index in [1.54, 1.807) is 0 Å². The second-order valence-electron chi connectivity index (χ2n) is 5.11. The number of rotatable bonds is 3. The molecule has 3 N–H and O–H groups in total. The molecule has 86 valence electrons. The predicted octanol–water partition coefficient (Wildman–Crippen LogP) is 0.411. The Morgan fingerprint density at radius 1 is 1.33 bits per heavy atom. The van der Waals surface area contributed by atoms with Crippen molar-refractivity contribution >= 4 is 5.91 Å². The van der Waals surface area contributed by atoms with Crippen molar-refractivity contribution in [3.05, 3.63) is 0 Å². The molecule has 0 atom stereocenters. The van der Waals surface area contributed by atoms with Crippen LogP contribution in [0.25, 0.3) is 0 Å². The van der Waals surface area contributed by atoms with E-state index < -0.39 is 0 Å². The molecule has 1 aliphatic carbocycles. The quantitative estimate of drug-likeness (QED) is 0.712. The van der Waals surface area contributed by atoms with Crippen LogP contribution < -0.4 is 11.1 Å². The van der Waals surface area contributed by atoms with E-state index in [0.29, 0.717) is 19.8 Å². The summed E-state index contributed by atoms with van der Waals surface area (Å²) in [5, 5.41) is 3.12. The Labute approximate surface area is 90.5 Å². The molecule has 0 aromatic heterocycles. The number of hydrogen-bond donors (Lipinski definition) is 2. The maximum atomic E-state index is 12.2. The van der Waals surface area contributed by atoms with Gasteiger partial charge in [0.05, 0.1) is 5.41 Å². The minimum absolute atomic E-state index is 0.0531. The summed E-state index contributed by atoms with van der Waals surface area (Å²) in [5.74, 6) is 0.133. The van der Waals surface area contributed by atoms with Crippen molar-refractivity contribution in [2.45, 2.75) is 38.1 Å². The highest BCUT2D eigenvalue weighted by molar-refractivity contribution is 5.84. The molecule has 2 aliphatic rings. The van der Waals surface area contributed by atoms with Gasteiger partial charge in [-0.25, -0.2) is 0 Å². The number of carbonyl (C=O) groups excluding carboxylic acids is 1. The number of ether oxygens (including phenoxy) is 1. The minimum atomic E-state index is -0.371. The van der Waals surface area contributed by atoms with Gasteiger partial charge in [0.2, 0.25) is 5.91 Å². The molecule has 1 aliphatic heterocycles. The highest BCUT2D eigenvalue weighted by Gasteiger charge is 2.45. The summed E-state index contributed by atoms with van der Waals surface area (Å²) < 4.78 is 5.29. The van der Waals surface area contributed by atoms with Gasteiger partial charge in [-0.1, -0.05) is 0 Å². The third-order valence-electron chi connectivity index (χ3n) is 3.74. The largest absolute Gasteiger partial charge is 0.381 e. The van der Waals surface area contributed by atoms with Gasteiger partial charge in [0.1, 0.15) is 0 Å². The van der Waals surface area contributed by atoms with Crippen molar-refractivity contribution in [1.82, 2.24) is 5.32 Å². The van der Waals surface area contributed by atoms with E-state index in [1.165, 1.54) is 0 Å². The molecule has 0 aromatic carbocycles. The van der Waals surface area contributed by atoms with Crippen LogP contribution in [0.15, 0.2) is 0 Å². The van der Waals surface area contributed by atoms with Gasteiger partial charge < -0.3 is 15.8 Å². The molecule has 1 saturated heterocycles. The van der Waals surface area contributed by atoms with Gasteiger partial charge in [-0.2, -0.15) is 0 Å². The van der Waals surface area contributed by atoms with Crippen molar-refractivity contribution in [2.75, 3.05) is 19.8 Å². The Bertz CT molecular complexity index is 255. The Hall–Kier alpha value is -0.610. The van der Waals surface area contributed by atoms with Crippen LogP contribution in [0.3, 0.4) is 0 Å². The normalized spacial score (nSPS) is 27.1. The van der Waals surface area contributed by atoms with Gasteiger partial charge in [0, 0.05) is 25.3 Å². The summed E-state index contributed by atoms with van der Waals surface area (Å²) in [7, 11) is 0. The second kappa shape index (κ2) is 3.76. The maximum absolute atomic E-state index is 12.2. The first-order chi connectivity index (χ1) is 7.10. The van der Waals surface area contributed by atoms with Gasteiger partial charge >= 0.3 is 0 Å². The van der Waals surface area contributed by atoms with E-state index in [4.69, 9.17) is 10.5 Å². The molecule has 0 spiro atoms. The average Bonchev–Trinajstić information content (AvgIpc) is 2.97. The molecule has 1 heterocycles. The van der Waals surface area contributed by atoms with Crippen molar-refractivity contribution in [3.63, 3.8) is 0 Å². The summed E-state index contributed by atoms with van der Waals surface area (Å²) in [4.78, 5) is 12.2. The van der Waals surface area contributed by atoms with E-state index in [2.05, 4.69) is 12.2 Å². The van der Waals surface area contributed by atoms with Crippen LogP contribution in [0.2, 0.25) is 0 Å². The van der Waals surface area contributed by atoms with Gasteiger partial charge in [-0.15, -0.1) is 0 Å². The number of amides is 1. The SMILES string of the molecule is CC1(NC(=O)C2(CN)CCOCC2)CC1. The van der Waals surface area contributed by atoms with E-state index in [-0.39, 0.29) is 16.9 Å². The zero-order valence-corrected chi connectivity index (χ0v) is 9.34. The minimum Gasteiger partial charge on any atom is -0.381 e. The Balaban J connectivity index is 2.00. The number of hydrogen-bond acceptors (Lipinski definition) is 3. The lowest BCUT2D eigenvalue weighted by atomic mass is 9.79. The molecule has 4 heteroatoms. The van der Waals surface area contributed by atoms with Crippen LogP contribution >= 0.6 is 0 Å². The highest BCUT2D eigenvalue weighted by Crippen LogP contribution is 2.37. The standard InChI is InChI=1S/C11H20N2O2/c1-10(2-3-10)13-9(14)11(8-12)4-6-15-7-5-11/h2-8,12H2,1H3,(H,13,14). The lowest BCUT2D eigenvalue weighted by Crippen LogP contribution is -2.51. The van der Waals surface area contributed by atoms with Crippen molar-refractivity contribution in [3.8, 4) is 0 Å². The molecule has 1 saturated carbocycles. The van der Waals surface area contributed by atoms with E-state index in [1.807, 2.05) is 0 Å². The molecule has 2 fully saturated rings. The van der Waals surface area contributed by atoms with E-state index in [0.717, 1.165) is 25.7 Å². The van der Waals surface area contributed by atoms with Crippen LogP contribution in [-0.4, -0.2) is 31.2 Å². The van der Waals surface area contributed by atoms with E-state index >= 15 is 0 Å². The summed E-state index contributed by atoms with van der Waals surface area (Å²) in [6.07, 6.45) is 3.70. The highest BCUT2D eigenvalue weighted by atomic mass is 16.5. The lowest BCUT2D eigenvalue weighted by molar-refractivity contribution is -0.136. The summed E-state index contributed by atoms with van der Waals surface area (Å²) in [6, 6.07) is 0. The molecular weight excluding hydrogens is 192 g/mol. The fourth-order valence-electron chi connectivity index (χ4n) is 2.01. The zero-order valence-electron chi connectivity index (χ0n) is 9.34. The first-order valence-electron chi connectivity index (χ1n) is 5.71. The lowest BCUT2D eigenvalue weighted by Gasteiger charge is -2.35.